The summed E-state index contributed by atoms with van der Waals surface area (Å²) in [5.41, 5.74) is 2.30. The van der Waals surface area contributed by atoms with Gasteiger partial charge in [0, 0.05) is 35.7 Å². The predicted molar refractivity (Wildman–Crippen MR) is 97.3 cm³/mol. The summed E-state index contributed by atoms with van der Waals surface area (Å²) in [6.07, 6.45) is 6.88. The molecule has 122 valence electrons. The summed E-state index contributed by atoms with van der Waals surface area (Å²) in [5, 5.41) is 15.1. The highest BCUT2D eigenvalue weighted by molar-refractivity contribution is 5.85. The van der Waals surface area contributed by atoms with Crippen molar-refractivity contribution in [1.82, 2.24) is 15.0 Å². The number of aromatic hydroxyl groups is 1. The lowest BCUT2D eigenvalue weighted by molar-refractivity contribution is 0.471. The van der Waals surface area contributed by atoms with Gasteiger partial charge in [0.25, 0.3) is 0 Å². The van der Waals surface area contributed by atoms with E-state index in [4.69, 9.17) is 0 Å². The van der Waals surface area contributed by atoms with Crippen molar-refractivity contribution in [2.75, 3.05) is 5.32 Å². The van der Waals surface area contributed by atoms with Gasteiger partial charge in [-0.15, -0.1) is 0 Å². The number of nitrogens with zero attached hydrogens (tertiary/aromatic N) is 3. The molecule has 5 nitrogen and oxygen atoms in total. The van der Waals surface area contributed by atoms with Crippen LogP contribution in [0.15, 0.2) is 79.4 Å². The van der Waals surface area contributed by atoms with E-state index in [9.17, 15) is 5.11 Å². The first-order valence-electron chi connectivity index (χ1n) is 7.97. The Morgan fingerprint density at radius 2 is 1.64 bits per heavy atom. The molecule has 3 aromatic heterocycles. The van der Waals surface area contributed by atoms with Crippen LogP contribution in [0.3, 0.4) is 0 Å². The number of fused-ring (bicyclic) bond motifs is 1. The molecular formula is C20H16N4O. The number of aromatic nitrogens is 3. The van der Waals surface area contributed by atoms with Crippen molar-refractivity contribution < 1.29 is 5.11 Å². The molecule has 4 aromatic rings. The Morgan fingerprint density at radius 3 is 2.44 bits per heavy atom. The zero-order valence-corrected chi connectivity index (χ0v) is 13.4. The SMILES string of the molecule is Oc1c([C@@H](Nc2ccccn2)c2ccncc2)ccc2cccnc12. The maximum atomic E-state index is 10.8. The lowest BCUT2D eigenvalue weighted by Crippen LogP contribution is -2.13. The second-order valence-corrected chi connectivity index (χ2v) is 5.65. The van der Waals surface area contributed by atoms with E-state index in [1.165, 1.54) is 0 Å². The van der Waals surface area contributed by atoms with Gasteiger partial charge < -0.3 is 10.4 Å². The summed E-state index contributed by atoms with van der Waals surface area (Å²) in [6.45, 7) is 0. The van der Waals surface area contributed by atoms with Crippen LogP contribution in [0, 0.1) is 0 Å². The minimum absolute atomic E-state index is 0.170. The number of anilines is 1. The van der Waals surface area contributed by atoms with Gasteiger partial charge in [0.15, 0.2) is 0 Å². The third-order valence-corrected chi connectivity index (χ3v) is 4.09. The van der Waals surface area contributed by atoms with Gasteiger partial charge >= 0.3 is 0 Å². The summed E-state index contributed by atoms with van der Waals surface area (Å²) in [4.78, 5) is 12.7. The molecule has 0 bridgehead atoms. The minimum Gasteiger partial charge on any atom is -0.505 e. The predicted octanol–water partition coefficient (Wildman–Crippen LogP) is 3.93. The van der Waals surface area contributed by atoms with E-state index in [-0.39, 0.29) is 11.8 Å². The van der Waals surface area contributed by atoms with Gasteiger partial charge in [0.1, 0.15) is 17.1 Å². The molecule has 1 atom stereocenters. The summed E-state index contributed by atoms with van der Waals surface area (Å²) in [5.74, 6) is 0.896. The first kappa shape index (κ1) is 15.1. The number of rotatable bonds is 4. The molecule has 2 N–H and O–H groups in total. The highest BCUT2D eigenvalue weighted by Crippen LogP contribution is 2.35. The number of nitrogens with one attached hydrogen (secondary N) is 1. The van der Waals surface area contributed by atoms with Crippen LogP contribution < -0.4 is 5.32 Å². The molecule has 0 saturated heterocycles. The highest BCUT2D eigenvalue weighted by Gasteiger charge is 2.20. The smallest absolute Gasteiger partial charge is 0.147 e. The molecule has 25 heavy (non-hydrogen) atoms. The molecule has 0 unspecified atom stereocenters. The van der Waals surface area contributed by atoms with E-state index in [1.807, 2.05) is 54.6 Å². The molecule has 0 amide bonds. The van der Waals surface area contributed by atoms with Crippen LogP contribution >= 0.6 is 0 Å². The van der Waals surface area contributed by atoms with Gasteiger partial charge in [-0.3, -0.25) is 9.97 Å². The van der Waals surface area contributed by atoms with E-state index in [2.05, 4.69) is 20.3 Å². The van der Waals surface area contributed by atoms with E-state index in [0.29, 0.717) is 5.52 Å². The summed E-state index contributed by atoms with van der Waals surface area (Å²) in [6, 6.07) is 16.9. The average Bonchev–Trinajstić information content (AvgIpc) is 2.69. The Kier molecular flexibility index (Phi) is 3.96. The van der Waals surface area contributed by atoms with Crippen molar-refractivity contribution in [3.8, 4) is 5.75 Å². The Hall–Kier alpha value is -3.47. The van der Waals surface area contributed by atoms with Crippen molar-refractivity contribution in [2.45, 2.75) is 6.04 Å². The first-order valence-corrected chi connectivity index (χ1v) is 7.97. The summed E-state index contributed by atoms with van der Waals surface area (Å²) >= 11 is 0. The van der Waals surface area contributed by atoms with Crippen molar-refractivity contribution in [3.63, 3.8) is 0 Å². The van der Waals surface area contributed by atoms with Crippen LogP contribution in [0.1, 0.15) is 17.2 Å². The molecule has 0 radical (unpaired) electrons. The van der Waals surface area contributed by atoms with E-state index in [0.717, 1.165) is 22.3 Å². The Morgan fingerprint density at radius 1 is 0.800 bits per heavy atom. The normalized spacial score (nSPS) is 12.0. The standard InChI is InChI=1S/C20H16N4O/c25-20-16(7-6-14-4-3-11-23-19(14)20)18(15-8-12-21-13-9-15)24-17-5-1-2-10-22-17/h1-13,18,25H,(H,22,24)/t18-/m0/s1. The zero-order valence-electron chi connectivity index (χ0n) is 13.4. The number of benzene rings is 1. The fourth-order valence-corrected chi connectivity index (χ4v) is 2.87. The second kappa shape index (κ2) is 6.57. The molecular weight excluding hydrogens is 312 g/mol. The third kappa shape index (κ3) is 2.99. The van der Waals surface area contributed by atoms with Crippen LogP contribution in [-0.2, 0) is 0 Å². The lowest BCUT2D eigenvalue weighted by atomic mass is 9.97. The second-order valence-electron chi connectivity index (χ2n) is 5.65. The van der Waals surface area contributed by atoms with Gasteiger partial charge in [0.05, 0.1) is 6.04 Å². The average molecular weight is 328 g/mol. The number of pyridine rings is 3. The van der Waals surface area contributed by atoms with Crippen LogP contribution in [0.5, 0.6) is 5.75 Å². The Labute approximate surface area is 145 Å². The largest absolute Gasteiger partial charge is 0.505 e. The maximum Gasteiger partial charge on any atom is 0.147 e. The van der Waals surface area contributed by atoms with Gasteiger partial charge in [-0.25, -0.2) is 4.98 Å². The first-order chi connectivity index (χ1) is 12.3. The number of phenols is 1. The number of hydrogen-bond acceptors (Lipinski definition) is 5. The van der Waals surface area contributed by atoms with E-state index < -0.39 is 0 Å². The monoisotopic (exact) mass is 328 g/mol. The molecule has 0 aliphatic carbocycles. The number of hydrogen-bond donors (Lipinski definition) is 2. The Balaban J connectivity index is 1.85. The summed E-state index contributed by atoms with van der Waals surface area (Å²) < 4.78 is 0. The van der Waals surface area contributed by atoms with Gasteiger partial charge in [-0.2, -0.15) is 0 Å². The van der Waals surface area contributed by atoms with Gasteiger partial charge in [0.2, 0.25) is 0 Å². The molecule has 0 aliphatic heterocycles. The van der Waals surface area contributed by atoms with Crippen molar-refractivity contribution in [3.05, 3.63) is 90.5 Å². The van der Waals surface area contributed by atoms with Crippen molar-refractivity contribution >= 4 is 16.7 Å². The van der Waals surface area contributed by atoms with E-state index in [1.54, 1.807) is 24.8 Å². The maximum absolute atomic E-state index is 10.8. The van der Waals surface area contributed by atoms with E-state index >= 15 is 0 Å². The highest BCUT2D eigenvalue weighted by atomic mass is 16.3. The fraction of sp³-hybridized carbons (Fsp3) is 0.0500. The van der Waals surface area contributed by atoms with Crippen molar-refractivity contribution in [1.29, 1.82) is 0 Å². The van der Waals surface area contributed by atoms with Crippen LogP contribution in [0.25, 0.3) is 10.9 Å². The zero-order chi connectivity index (χ0) is 17.1. The van der Waals surface area contributed by atoms with Gasteiger partial charge in [-0.1, -0.05) is 24.3 Å². The van der Waals surface area contributed by atoms with Crippen LogP contribution in [-0.4, -0.2) is 20.1 Å². The third-order valence-electron chi connectivity index (χ3n) is 4.09. The lowest BCUT2D eigenvalue weighted by Gasteiger charge is -2.21. The Bertz CT molecular complexity index is 990. The molecule has 1 aromatic carbocycles. The fourth-order valence-electron chi connectivity index (χ4n) is 2.87. The quantitative estimate of drug-likeness (QED) is 0.594. The topological polar surface area (TPSA) is 70.9 Å². The molecule has 3 heterocycles. The molecule has 5 heteroatoms. The van der Waals surface area contributed by atoms with Gasteiger partial charge in [-0.05, 0) is 35.9 Å². The molecule has 4 rings (SSSR count). The summed E-state index contributed by atoms with van der Waals surface area (Å²) in [7, 11) is 0. The molecule has 0 fully saturated rings. The van der Waals surface area contributed by atoms with Crippen molar-refractivity contribution in [2.24, 2.45) is 0 Å². The minimum atomic E-state index is -0.274. The molecule has 0 spiro atoms. The van der Waals surface area contributed by atoms with Crippen LogP contribution in [0.4, 0.5) is 5.82 Å². The molecule has 0 saturated carbocycles. The molecule has 0 aliphatic rings. The van der Waals surface area contributed by atoms with Crippen LogP contribution in [0.2, 0.25) is 0 Å². The number of phenolic OH excluding ortho intramolecular Hbond substituents is 1.